The molecule has 4 rings (SSSR count). The Morgan fingerprint density at radius 1 is 1.07 bits per heavy atom. The molecule has 0 aliphatic rings. The minimum Gasteiger partial charge on any atom is -0.382 e. The molecule has 7 nitrogen and oxygen atoms in total. The highest BCUT2D eigenvalue weighted by atomic mass is 16.2. The molecule has 0 fully saturated rings. The number of aromatic amines is 1. The number of nitrogens with one attached hydrogen (secondary N) is 3. The number of carbonyl (C=O) groups is 1. The average Bonchev–Trinajstić information content (AvgIpc) is 3.12. The van der Waals surface area contributed by atoms with Crippen LogP contribution in [0.25, 0.3) is 22.0 Å². The molecule has 1 heterocycles. The summed E-state index contributed by atoms with van der Waals surface area (Å²) in [4.78, 5) is 12.2. The summed E-state index contributed by atoms with van der Waals surface area (Å²) in [5, 5.41) is 22.4. The molecule has 0 radical (unpaired) electrons. The van der Waals surface area contributed by atoms with Gasteiger partial charge in [-0.3, -0.25) is 5.10 Å². The summed E-state index contributed by atoms with van der Waals surface area (Å²) in [6.45, 7) is 2.00. The van der Waals surface area contributed by atoms with Crippen molar-refractivity contribution in [1.29, 1.82) is 5.26 Å². The number of hydrogen-bond donors (Lipinski definition) is 4. The molecule has 7 heteroatoms. The second-order valence-corrected chi connectivity index (χ2v) is 6.64. The molecule has 29 heavy (non-hydrogen) atoms. The van der Waals surface area contributed by atoms with Gasteiger partial charge in [-0.1, -0.05) is 30.3 Å². The number of aryl methyl sites for hydroxylation is 1. The predicted octanol–water partition coefficient (Wildman–Crippen LogP) is 4.64. The van der Waals surface area contributed by atoms with Crippen LogP contribution in [0.15, 0.2) is 60.7 Å². The topological polar surface area (TPSA) is 120 Å². The largest absolute Gasteiger partial charge is 0.382 e. The molecule has 0 aliphatic heterocycles. The summed E-state index contributed by atoms with van der Waals surface area (Å²) in [5.41, 5.74) is 11.7. The van der Waals surface area contributed by atoms with Crippen LogP contribution in [-0.2, 0) is 0 Å². The van der Waals surface area contributed by atoms with Crippen LogP contribution in [-0.4, -0.2) is 16.2 Å². The lowest BCUT2D eigenvalue weighted by molar-refractivity contribution is 0.262. The molecule has 2 amide bonds. The molecule has 0 bridgehead atoms. The van der Waals surface area contributed by atoms with Gasteiger partial charge in [-0.2, -0.15) is 10.4 Å². The normalized spacial score (nSPS) is 10.5. The van der Waals surface area contributed by atoms with E-state index in [0.717, 1.165) is 27.6 Å². The Bertz CT molecular complexity index is 1250. The van der Waals surface area contributed by atoms with Crippen LogP contribution in [0.5, 0.6) is 0 Å². The molecule has 4 aromatic rings. The minimum atomic E-state index is -0.385. The van der Waals surface area contributed by atoms with Crippen molar-refractivity contribution in [3.63, 3.8) is 0 Å². The first-order chi connectivity index (χ1) is 14.0. The molecular weight excluding hydrogens is 364 g/mol. The number of carbonyl (C=O) groups excluding carboxylic acids is 1. The van der Waals surface area contributed by atoms with Crippen molar-refractivity contribution >= 4 is 34.1 Å². The fourth-order valence-electron chi connectivity index (χ4n) is 3.22. The van der Waals surface area contributed by atoms with E-state index < -0.39 is 0 Å². The average molecular weight is 382 g/mol. The number of hydrogen-bond acceptors (Lipinski definition) is 4. The zero-order chi connectivity index (χ0) is 20.4. The molecule has 3 aromatic carbocycles. The van der Waals surface area contributed by atoms with E-state index >= 15 is 0 Å². The van der Waals surface area contributed by atoms with E-state index in [1.165, 1.54) is 0 Å². The van der Waals surface area contributed by atoms with E-state index in [-0.39, 0.29) is 6.03 Å². The lowest BCUT2D eigenvalue weighted by Crippen LogP contribution is -2.19. The Balaban J connectivity index is 1.53. The summed E-state index contributed by atoms with van der Waals surface area (Å²) in [7, 11) is 0. The van der Waals surface area contributed by atoms with E-state index in [0.29, 0.717) is 22.8 Å². The van der Waals surface area contributed by atoms with Crippen LogP contribution in [0.4, 0.5) is 22.0 Å². The third-order valence-electron chi connectivity index (χ3n) is 4.66. The Morgan fingerprint density at radius 2 is 1.83 bits per heavy atom. The fraction of sp³-hybridized carbons (Fsp3) is 0.0455. The molecular formula is C22H18N6O. The maximum Gasteiger partial charge on any atom is 0.323 e. The fourth-order valence-corrected chi connectivity index (χ4v) is 3.22. The first kappa shape index (κ1) is 18.1. The van der Waals surface area contributed by atoms with Crippen LogP contribution >= 0.6 is 0 Å². The molecule has 0 spiro atoms. The maximum atomic E-state index is 12.2. The number of rotatable bonds is 3. The Morgan fingerprint density at radius 3 is 2.59 bits per heavy atom. The standard InChI is InChI=1S/C22H18N6O/c1-13-5-10-18(19-20(13)27-28-21(19)24)15-6-8-16(9-7-15)25-22(29)26-17-4-2-3-14(11-17)12-23/h2-11H,1H3,(H3,24,27,28)(H2,25,26,29). The number of nitrogens with zero attached hydrogens (tertiary/aromatic N) is 2. The molecule has 0 aliphatic carbocycles. The molecule has 5 N–H and O–H groups in total. The first-order valence-electron chi connectivity index (χ1n) is 8.97. The van der Waals surface area contributed by atoms with Crippen LogP contribution < -0.4 is 16.4 Å². The van der Waals surface area contributed by atoms with Gasteiger partial charge in [-0.25, -0.2) is 4.79 Å². The van der Waals surface area contributed by atoms with Crippen molar-refractivity contribution in [3.05, 3.63) is 71.8 Å². The highest BCUT2D eigenvalue weighted by Gasteiger charge is 2.12. The number of nitrogens with two attached hydrogens (primary N) is 1. The van der Waals surface area contributed by atoms with E-state index in [2.05, 4.69) is 20.8 Å². The summed E-state index contributed by atoms with van der Waals surface area (Å²) in [5.74, 6) is 0.458. The van der Waals surface area contributed by atoms with Gasteiger partial charge in [0.2, 0.25) is 0 Å². The number of benzene rings is 3. The number of nitrogen functional groups attached to an aromatic ring is 1. The summed E-state index contributed by atoms with van der Waals surface area (Å²) < 4.78 is 0. The number of aromatic nitrogens is 2. The van der Waals surface area contributed by atoms with Crippen molar-refractivity contribution in [2.45, 2.75) is 6.92 Å². The Hall–Kier alpha value is -4.31. The van der Waals surface area contributed by atoms with E-state index in [1.807, 2.05) is 49.4 Å². The molecule has 0 saturated carbocycles. The monoisotopic (exact) mass is 382 g/mol. The summed E-state index contributed by atoms with van der Waals surface area (Å²) in [6, 6.07) is 19.9. The highest BCUT2D eigenvalue weighted by molar-refractivity contribution is 6.03. The van der Waals surface area contributed by atoms with E-state index in [9.17, 15) is 4.79 Å². The Kier molecular flexibility index (Phi) is 4.59. The number of fused-ring (bicyclic) bond motifs is 1. The number of nitriles is 1. The lowest BCUT2D eigenvalue weighted by atomic mass is 9.99. The second-order valence-electron chi connectivity index (χ2n) is 6.64. The number of urea groups is 1. The van der Waals surface area contributed by atoms with E-state index in [1.54, 1.807) is 24.3 Å². The van der Waals surface area contributed by atoms with Crippen molar-refractivity contribution in [2.75, 3.05) is 16.4 Å². The summed E-state index contributed by atoms with van der Waals surface area (Å²) >= 11 is 0. The lowest BCUT2D eigenvalue weighted by Gasteiger charge is -2.10. The van der Waals surface area contributed by atoms with Crippen molar-refractivity contribution in [1.82, 2.24) is 10.2 Å². The predicted molar refractivity (Wildman–Crippen MR) is 114 cm³/mol. The second kappa shape index (κ2) is 7.37. The van der Waals surface area contributed by atoms with Crippen molar-refractivity contribution in [3.8, 4) is 17.2 Å². The van der Waals surface area contributed by atoms with Gasteiger partial charge >= 0.3 is 6.03 Å². The van der Waals surface area contributed by atoms with Gasteiger partial charge < -0.3 is 16.4 Å². The van der Waals surface area contributed by atoms with Gasteiger partial charge in [-0.05, 0) is 53.9 Å². The number of anilines is 3. The summed E-state index contributed by atoms with van der Waals surface area (Å²) in [6.07, 6.45) is 0. The highest BCUT2D eigenvalue weighted by Crippen LogP contribution is 2.33. The third kappa shape index (κ3) is 3.59. The SMILES string of the molecule is Cc1ccc(-c2ccc(NC(=O)Nc3cccc(C#N)c3)cc2)c2c(N)n[nH]c12. The smallest absolute Gasteiger partial charge is 0.323 e. The minimum absolute atomic E-state index is 0.385. The molecule has 0 atom stereocenters. The number of amides is 2. The van der Waals surface area contributed by atoms with Gasteiger partial charge in [0.15, 0.2) is 5.82 Å². The molecule has 142 valence electrons. The zero-order valence-electron chi connectivity index (χ0n) is 15.7. The van der Waals surface area contributed by atoms with E-state index in [4.69, 9.17) is 11.0 Å². The van der Waals surface area contributed by atoms with Crippen LogP contribution in [0.1, 0.15) is 11.1 Å². The van der Waals surface area contributed by atoms with Crippen molar-refractivity contribution < 1.29 is 4.79 Å². The van der Waals surface area contributed by atoms with Crippen LogP contribution in [0, 0.1) is 18.3 Å². The zero-order valence-corrected chi connectivity index (χ0v) is 15.7. The first-order valence-corrected chi connectivity index (χ1v) is 8.97. The third-order valence-corrected chi connectivity index (χ3v) is 4.66. The van der Waals surface area contributed by atoms with Crippen LogP contribution in [0.3, 0.4) is 0 Å². The quantitative estimate of drug-likeness (QED) is 0.413. The maximum absolute atomic E-state index is 12.2. The van der Waals surface area contributed by atoms with Gasteiger partial charge in [0.25, 0.3) is 0 Å². The van der Waals surface area contributed by atoms with Gasteiger partial charge in [-0.15, -0.1) is 0 Å². The van der Waals surface area contributed by atoms with Gasteiger partial charge in [0.1, 0.15) is 0 Å². The number of H-pyrrole nitrogens is 1. The van der Waals surface area contributed by atoms with Crippen LogP contribution in [0.2, 0.25) is 0 Å². The molecule has 0 unspecified atom stereocenters. The molecule has 1 aromatic heterocycles. The van der Waals surface area contributed by atoms with Gasteiger partial charge in [0.05, 0.1) is 22.5 Å². The van der Waals surface area contributed by atoms with Gasteiger partial charge in [0, 0.05) is 11.4 Å². The molecule has 0 saturated heterocycles. The Labute approximate surface area is 167 Å². The van der Waals surface area contributed by atoms with Crippen molar-refractivity contribution in [2.24, 2.45) is 0 Å².